The van der Waals surface area contributed by atoms with Gasteiger partial charge in [0.2, 0.25) is 0 Å². The highest BCUT2D eigenvalue weighted by Gasteiger charge is 2.01. The molecular formula is C9H16N4. The van der Waals surface area contributed by atoms with Crippen LogP contribution in [0.5, 0.6) is 0 Å². The number of nitrogens with one attached hydrogen (secondary N) is 1. The van der Waals surface area contributed by atoms with Gasteiger partial charge in [0.25, 0.3) is 0 Å². The number of hydrogen-bond donors (Lipinski definition) is 2. The Labute approximate surface area is 78.6 Å². The molecule has 0 aromatic carbocycles. The molecule has 0 bridgehead atoms. The average molecular weight is 180 g/mol. The Kier molecular flexibility index (Phi) is 3.64. The van der Waals surface area contributed by atoms with Crippen molar-refractivity contribution in [2.24, 2.45) is 5.73 Å². The van der Waals surface area contributed by atoms with Crippen LogP contribution in [0.3, 0.4) is 0 Å². The summed E-state index contributed by atoms with van der Waals surface area (Å²) in [6.07, 6.45) is 2.68. The second-order valence-electron chi connectivity index (χ2n) is 3.24. The fourth-order valence-electron chi connectivity index (χ4n) is 1.11. The molecule has 4 nitrogen and oxygen atoms in total. The quantitative estimate of drug-likeness (QED) is 0.723. The van der Waals surface area contributed by atoms with Crippen molar-refractivity contribution in [2.45, 2.75) is 26.3 Å². The van der Waals surface area contributed by atoms with E-state index >= 15 is 0 Å². The van der Waals surface area contributed by atoms with Crippen LogP contribution in [0.1, 0.15) is 18.9 Å². The lowest BCUT2D eigenvalue weighted by molar-refractivity contribution is 0.710. The van der Waals surface area contributed by atoms with Crippen LogP contribution in [0.4, 0.5) is 5.82 Å². The molecule has 1 aromatic rings. The van der Waals surface area contributed by atoms with E-state index in [0.29, 0.717) is 12.6 Å². The Bertz CT molecular complexity index is 262. The Morgan fingerprint density at radius 3 is 3.00 bits per heavy atom. The van der Waals surface area contributed by atoms with Crippen molar-refractivity contribution in [1.29, 1.82) is 0 Å². The van der Waals surface area contributed by atoms with Crippen molar-refractivity contribution < 1.29 is 0 Å². The molecule has 0 aliphatic rings. The van der Waals surface area contributed by atoms with Crippen LogP contribution in [0, 0.1) is 6.92 Å². The number of nitrogens with zero attached hydrogens (tertiary/aromatic N) is 2. The maximum Gasteiger partial charge on any atom is 0.149 e. The first-order valence-corrected chi connectivity index (χ1v) is 4.48. The van der Waals surface area contributed by atoms with Crippen LogP contribution in [-0.4, -0.2) is 22.8 Å². The fourth-order valence-corrected chi connectivity index (χ4v) is 1.11. The van der Waals surface area contributed by atoms with E-state index < -0.39 is 0 Å². The van der Waals surface area contributed by atoms with Gasteiger partial charge < -0.3 is 11.1 Å². The lowest BCUT2D eigenvalue weighted by Crippen LogP contribution is -2.20. The molecule has 3 N–H and O–H groups in total. The van der Waals surface area contributed by atoms with Crippen molar-refractivity contribution in [3.05, 3.63) is 17.8 Å². The van der Waals surface area contributed by atoms with Crippen LogP contribution in [0.2, 0.25) is 0 Å². The summed E-state index contributed by atoms with van der Waals surface area (Å²) in [4.78, 5) is 0. The highest BCUT2D eigenvalue weighted by molar-refractivity contribution is 5.35. The minimum absolute atomic E-state index is 0.348. The number of anilines is 1. The van der Waals surface area contributed by atoms with E-state index in [1.54, 1.807) is 6.20 Å². The average Bonchev–Trinajstić information content (AvgIpc) is 2.04. The summed E-state index contributed by atoms with van der Waals surface area (Å²) in [6.45, 7) is 4.76. The molecule has 1 heterocycles. The Hall–Kier alpha value is -1.16. The first-order chi connectivity index (χ1) is 6.22. The van der Waals surface area contributed by atoms with Crippen molar-refractivity contribution in [2.75, 3.05) is 11.9 Å². The Balaban J connectivity index is 2.53. The zero-order valence-corrected chi connectivity index (χ0v) is 8.12. The van der Waals surface area contributed by atoms with Crippen molar-refractivity contribution in [3.63, 3.8) is 0 Å². The predicted molar refractivity (Wildman–Crippen MR) is 53.5 cm³/mol. The molecule has 0 amide bonds. The molecule has 0 fully saturated rings. The lowest BCUT2D eigenvalue weighted by Gasteiger charge is -2.12. The first-order valence-electron chi connectivity index (χ1n) is 4.48. The molecule has 0 radical (unpaired) electrons. The maximum absolute atomic E-state index is 5.44. The van der Waals surface area contributed by atoms with Gasteiger partial charge in [0.05, 0.1) is 6.20 Å². The molecule has 1 rings (SSSR count). The third kappa shape index (κ3) is 3.38. The summed E-state index contributed by atoms with van der Waals surface area (Å²) in [5.41, 5.74) is 6.55. The normalized spacial score (nSPS) is 12.5. The number of aryl methyl sites for hydroxylation is 1. The zero-order valence-electron chi connectivity index (χ0n) is 8.12. The smallest absolute Gasteiger partial charge is 0.149 e. The van der Waals surface area contributed by atoms with Crippen molar-refractivity contribution in [3.8, 4) is 0 Å². The molecule has 0 aliphatic carbocycles. The number of nitrogens with two attached hydrogens (primary N) is 1. The molecule has 72 valence electrons. The third-order valence-corrected chi connectivity index (χ3v) is 1.79. The highest BCUT2D eigenvalue weighted by atomic mass is 15.2. The fraction of sp³-hybridized carbons (Fsp3) is 0.556. The first kappa shape index (κ1) is 9.92. The van der Waals surface area contributed by atoms with E-state index in [2.05, 4.69) is 22.4 Å². The van der Waals surface area contributed by atoms with Gasteiger partial charge >= 0.3 is 0 Å². The molecule has 0 saturated heterocycles. The van der Waals surface area contributed by atoms with E-state index in [0.717, 1.165) is 17.8 Å². The van der Waals surface area contributed by atoms with Gasteiger partial charge in [-0.1, -0.05) is 0 Å². The number of aromatic nitrogens is 2. The van der Waals surface area contributed by atoms with Crippen LogP contribution >= 0.6 is 0 Å². The number of hydrogen-bond acceptors (Lipinski definition) is 4. The molecule has 13 heavy (non-hydrogen) atoms. The SMILES string of the molecule is Cc1cnnc(NC(C)CCN)c1. The topological polar surface area (TPSA) is 63.8 Å². The van der Waals surface area contributed by atoms with Gasteiger partial charge in [-0.2, -0.15) is 5.10 Å². The van der Waals surface area contributed by atoms with Crippen LogP contribution in [0.25, 0.3) is 0 Å². The summed E-state index contributed by atoms with van der Waals surface area (Å²) < 4.78 is 0. The number of rotatable bonds is 4. The van der Waals surface area contributed by atoms with Gasteiger partial charge in [-0.3, -0.25) is 0 Å². The second kappa shape index (κ2) is 4.77. The minimum Gasteiger partial charge on any atom is -0.366 e. The second-order valence-corrected chi connectivity index (χ2v) is 3.24. The predicted octanol–water partition coefficient (Wildman–Crippen LogP) is 0.934. The Morgan fingerprint density at radius 1 is 1.62 bits per heavy atom. The third-order valence-electron chi connectivity index (χ3n) is 1.79. The molecule has 4 heteroatoms. The summed E-state index contributed by atoms with van der Waals surface area (Å²) >= 11 is 0. The van der Waals surface area contributed by atoms with Crippen LogP contribution in [-0.2, 0) is 0 Å². The lowest BCUT2D eigenvalue weighted by atomic mass is 10.2. The molecule has 1 unspecified atom stereocenters. The molecule has 0 saturated carbocycles. The largest absolute Gasteiger partial charge is 0.366 e. The van der Waals surface area contributed by atoms with Gasteiger partial charge in [-0.25, -0.2) is 0 Å². The summed E-state index contributed by atoms with van der Waals surface area (Å²) in [6, 6.07) is 2.32. The summed E-state index contributed by atoms with van der Waals surface area (Å²) in [7, 11) is 0. The molecule has 1 atom stereocenters. The van der Waals surface area contributed by atoms with Gasteiger partial charge in [0.15, 0.2) is 0 Å². The maximum atomic E-state index is 5.44. The van der Waals surface area contributed by atoms with E-state index in [-0.39, 0.29) is 0 Å². The van der Waals surface area contributed by atoms with E-state index in [1.165, 1.54) is 0 Å². The van der Waals surface area contributed by atoms with E-state index in [1.807, 2.05) is 13.0 Å². The Morgan fingerprint density at radius 2 is 2.38 bits per heavy atom. The van der Waals surface area contributed by atoms with Gasteiger partial charge in [-0.15, -0.1) is 5.10 Å². The van der Waals surface area contributed by atoms with Crippen molar-refractivity contribution in [1.82, 2.24) is 10.2 Å². The van der Waals surface area contributed by atoms with Crippen LogP contribution < -0.4 is 11.1 Å². The molecule has 1 aromatic heterocycles. The summed E-state index contributed by atoms with van der Waals surface area (Å²) in [5.74, 6) is 0.820. The monoisotopic (exact) mass is 180 g/mol. The summed E-state index contributed by atoms with van der Waals surface area (Å²) in [5, 5.41) is 11.0. The molecule has 0 aliphatic heterocycles. The highest BCUT2D eigenvalue weighted by Crippen LogP contribution is 2.05. The molecule has 0 spiro atoms. The van der Waals surface area contributed by atoms with Crippen LogP contribution in [0.15, 0.2) is 12.3 Å². The van der Waals surface area contributed by atoms with E-state index in [4.69, 9.17) is 5.73 Å². The van der Waals surface area contributed by atoms with E-state index in [9.17, 15) is 0 Å². The standard InChI is InChI=1S/C9H16N4/c1-7-5-9(13-11-6-7)12-8(2)3-4-10/h5-6,8H,3-4,10H2,1-2H3,(H,12,13). The molecular weight excluding hydrogens is 164 g/mol. The van der Waals surface area contributed by atoms with Gasteiger partial charge in [0, 0.05) is 6.04 Å². The minimum atomic E-state index is 0.348. The van der Waals surface area contributed by atoms with Crippen molar-refractivity contribution >= 4 is 5.82 Å². The van der Waals surface area contributed by atoms with Gasteiger partial charge in [-0.05, 0) is 38.4 Å². The van der Waals surface area contributed by atoms with Gasteiger partial charge in [0.1, 0.15) is 5.82 Å². The zero-order chi connectivity index (χ0) is 9.68.